The minimum absolute atomic E-state index is 0.370. The van der Waals surface area contributed by atoms with Crippen molar-refractivity contribution in [1.29, 1.82) is 0 Å². The van der Waals surface area contributed by atoms with Crippen molar-refractivity contribution in [3.05, 3.63) is 59.7 Å². The lowest BCUT2D eigenvalue weighted by molar-refractivity contribution is -0.137. The standard InChI is InChI=1S/C19H22F3NO2S/c1-4-13-23-26(24,25)18(2,3)16-9-5-14(6-10-16)15-7-11-17(12-8-15)19(20,21)22/h5-12,23H,4,13H2,1-3H3. The molecule has 0 radical (unpaired) electrons. The summed E-state index contributed by atoms with van der Waals surface area (Å²) in [5, 5.41) is 0. The highest BCUT2D eigenvalue weighted by Gasteiger charge is 2.35. The van der Waals surface area contributed by atoms with E-state index in [-0.39, 0.29) is 0 Å². The van der Waals surface area contributed by atoms with Gasteiger partial charge >= 0.3 is 6.18 Å². The summed E-state index contributed by atoms with van der Waals surface area (Å²) in [6.45, 7) is 5.50. The van der Waals surface area contributed by atoms with Gasteiger partial charge in [0, 0.05) is 6.54 Å². The van der Waals surface area contributed by atoms with Gasteiger partial charge in [-0.15, -0.1) is 0 Å². The SMILES string of the molecule is CCCNS(=O)(=O)C(C)(C)c1ccc(-c2ccc(C(F)(F)F)cc2)cc1. The third-order valence-electron chi connectivity index (χ3n) is 4.34. The fourth-order valence-corrected chi connectivity index (χ4v) is 3.77. The van der Waals surface area contributed by atoms with E-state index in [2.05, 4.69) is 4.72 Å². The van der Waals surface area contributed by atoms with E-state index in [1.807, 2.05) is 6.92 Å². The first-order valence-corrected chi connectivity index (χ1v) is 9.75. The maximum absolute atomic E-state index is 12.6. The number of hydrogen-bond donors (Lipinski definition) is 1. The lowest BCUT2D eigenvalue weighted by Gasteiger charge is -2.26. The fourth-order valence-electron chi connectivity index (χ4n) is 2.49. The van der Waals surface area contributed by atoms with E-state index in [0.29, 0.717) is 24.1 Å². The second-order valence-corrected chi connectivity index (χ2v) is 8.88. The normalized spacial score (nSPS) is 13.0. The van der Waals surface area contributed by atoms with Crippen molar-refractivity contribution in [2.24, 2.45) is 0 Å². The Kier molecular flexibility index (Phi) is 5.82. The predicted molar refractivity (Wildman–Crippen MR) is 97.1 cm³/mol. The number of hydrogen-bond acceptors (Lipinski definition) is 2. The second kappa shape index (κ2) is 7.40. The fraction of sp³-hybridized carbons (Fsp3) is 0.368. The van der Waals surface area contributed by atoms with Gasteiger partial charge in [-0.2, -0.15) is 13.2 Å². The lowest BCUT2D eigenvalue weighted by atomic mass is 9.97. The predicted octanol–water partition coefficient (Wildman–Crippen LogP) is 4.94. The monoisotopic (exact) mass is 385 g/mol. The third-order valence-corrected chi connectivity index (χ3v) is 6.50. The molecule has 0 saturated heterocycles. The van der Waals surface area contributed by atoms with E-state index in [1.165, 1.54) is 12.1 Å². The zero-order valence-corrected chi connectivity index (χ0v) is 15.7. The lowest BCUT2D eigenvalue weighted by Crippen LogP contribution is -2.39. The van der Waals surface area contributed by atoms with Crippen molar-refractivity contribution in [2.75, 3.05) is 6.54 Å². The van der Waals surface area contributed by atoms with Gasteiger partial charge in [0.25, 0.3) is 0 Å². The van der Waals surface area contributed by atoms with Crippen LogP contribution in [0.5, 0.6) is 0 Å². The number of rotatable bonds is 6. The summed E-state index contributed by atoms with van der Waals surface area (Å²) in [5.41, 5.74) is 1.26. The van der Waals surface area contributed by atoms with Crippen molar-refractivity contribution in [1.82, 2.24) is 4.72 Å². The molecule has 2 rings (SSSR count). The van der Waals surface area contributed by atoms with E-state index in [1.54, 1.807) is 38.1 Å². The minimum atomic E-state index is -4.37. The van der Waals surface area contributed by atoms with Gasteiger partial charge in [0.05, 0.1) is 5.56 Å². The molecule has 0 amide bonds. The molecule has 0 aliphatic carbocycles. The van der Waals surface area contributed by atoms with Gasteiger partial charge in [0.1, 0.15) is 4.75 Å². The van der Waals surface area contributed by atoms with Gasteiger partial charge in [0.2, 0.25) is 10.0 Å². The first kappa shape index (κ1) is 20.5. The van der Waals surface area contributed by atoms with Crippen LogP contribution in [0.25, 0.3) is 11.1 Å². The molecule has 3 nitrogen and oxygen atoms in total. The second-order valence-electron chi connectivity index (χ2n) is 6.56. The Bertz CT molecular complexity index is 840. The molecule has 0 saturated carbocycles. The van der Waals surface area contributed by atoms with Crippen LogP contribution in [0.1, 0.15) is 38.3 Å². The largest absolute Gasteiger partial charge is 0.416 e. The maximum atomic E-state index is 12.6. The Hall–Kier alpha value is -1.86. The smallest absolute Gasteiger partial charge is 0.214 e. The average Bonchev–Trinajstić information content (AvgIpc) is 2.59. The van der Waals surface area contributed by atoms with Gasteiger partial charge in [-0.3, -0.25) is 0 Å². The molecule has 0 heterocycles. The van der Waals surface area contributed by atoms with E-state index in [0.717, 1.165) is 17.7 Å². The molecule has 0 atom stereocenters. The van der Waals surface area contributed by atoms with Crippen molar-refractivity contribution >= 4 is 10.0 Å². The Morgan fingerprint density at radius 3 is 1.65 bits per heavy atom. The van der Waals surface area contributed by atoms with Gasteiger partial charge in [-0.05, 0) is 49.1 Å². The molecule has 0 bridgehead atoms. The summed E-state index contributed by atoms with van der Waals surface area (Å²) in [5.74, 6) is 0. The summed E-state index contributed by atoms with van der Waals surface area (Å²) >= 11 is 0. The van der Waals surface area contributed by atoms with Crippen molar-refractivity contribution in [3.63, 3.8) is 0 Å². The first-order valence-electron chi connectivity index (χ1n) is 8.26. The highest BCUT2D eigenvalue weighted by Crippen LogP contribution is 2.33. The zero-order valence-electron chi connectivity index (χ0n) is 14.9. The highest BCUT2D eigenvalue weighted by atomic mass is 32.2. The number of nitrogens with one attached hydrogen (secondary N) is 1. The van der Waals surface area contributed by atoms with Crippen LogP contribution in [0.2, 0.25) is 0 Å². The Morgan fingerprint density at radius 1 is 0.846 bits per heavy atom. The molecule has 26 heavy (non-hydrogen) atoms. The molecule has 0 aliphatic heterocycles. The third kappa shape index (κ3) is 4.27. The van der Waals surface area contributed by atoms with Crippen molar-refractivity contribution in [3.8, 4) is 11.1 Å². The molecule has 1 N–H and O–H groups in total. The van der Waals surface area contributed by atoms with Crippen LogP contribution in [-0.4, -0.2) is 15.0 Å². The van der Waals surface area contributed by atoms with Crippen LogP contribution in [0.15, 0.2) is 48.5 Å². The maximum Gasteiger partial charge on any atom is 0.416 e. The molecular weight excluding hydrogens is 363 g/mol. The molecule has 0 unspecified atom stereocenters. The Morgan fingerprint density at radius 2 is 1.27 bits per heavy atom. The van der Waals surface area contributed by atoms with E-state index in [4.69, 9.17) is 0 Å². The number of sulfonamides is 1. The highest BCUT2D eigenvalue weighted by molar-refractivity contribution is 7.90. The Balaban J connectivity index is 2.28. The molecule has 2 aromatic carbocycles. The molecule has 2 aromatic rings. The summed E-state index contributed by atoms with van der Waals surface area (Å²) in [7, 11) is -3.55. The summed E-state index contributed by atoms with van der Waals surface area (Å²) < 4.78 is 64.3. The zero-order chi connectivity index (χ0) is 19.6. The minimum Gasteiger partial charge on any atom is -0.214 e. The summed E-state index contributed by atoms with van der Waals surface area (Å²) in [6, 6.07) is 11.7. The number of benzene rings is 2. The molecule has 0 fully saturated rings. The van der Waals surface area contributed by atoms with Gasteiger partial charge in [-0.25, -0.2) is 13.1 Å². The molecule has 0 aliphatic rings. The molecule has 142 valence electrons. The summed E-state index contributed by atoms with van der Waals surface area (Å²) in [6.07, 6.45) is -3.67. The van der Waals surface area contributed by atoms with E-state index < -0.39 is 26.5 Å². The van der Waals surface area contributed by atoms with Crippen LogP contribution >= 0.6 is 0 Å². The van der Waals surface area contributed by atoms with Crippen LogP contribution < -0.4 is 4.72 Å². The average molecular weight is 385 g/mol. The molecule has 0 spiro atoms. The van der Waals surface area contributed by atoms with Gasteiger partial charge < -0.3 is 0 Å². The topological polar surface area (TPSA) is 46.2 Å². The van der Waals surface area contributed by atoms with Crippen molar-refractivity contribution in [2.45, 2.75) is 38.1 Å². The van der Waals surface area contributed by atoms with Crippen LogP contribution in [0, 0.1) is 0 Å². The van der Waals surface area contributed by atoms with Gasteiger partial charge in [0.15, 0.2) is 0 Å². The van der Waals surface area contributed by atoms with Crippen LogP contribution in [-0.2, 0) is 20.9 Å². The number of alkyl halides is 3. The Labute approximate surface area is 152 Å². The van der Waals surface area contributed by atoms with Crippen LogP contribution in [0.4, 0.5) is 13.2 Å². The molecule has 0 aromatic heterocycles. The first-order chi connectivity index (χ1) is 12.0. The molecular formula is C19H22F3NO2S. The van der Waals surface area contributed by atoms with Crippen molar-refractivity contribution < 1.29 is 21.6 Å². The quantitative estimate of drug-likeness (QED) is 0.766. The van der Waals surface area contributed by atoms with E-state index in [9.17, 15) is 21.6 Å². The van der Waals surface area contributed by atoms with Crippen LogP contribution in [0.3, 0.4) is 0 Å². The molecule has 7 heteroatoms. The van der Waals surface area contributed by atoms with Gasteiger partial charge in [-0.1, -0.05) is 43.3 Å². The van der Waals surface area contributed by atoms with E-state index >= 15 is 0 Å². The number of halogens is 3. The summed E-state index contributed by atoms with van der Waals surface area (Å²) in [4.78, 5) is 0.